The van der Waals surface area contributed by atoms with Crippen LogP contribution in [-0.4, -0.2) is 25.4 Å². The first-order valence-electron chi connectivity index (χ1n) is 9.33. The van der Waals surface area contributed by atoms with Crippen molar-refractivity contribution < 1.29 is 19.0 Å². The van der Waals surface area contributed by atoms with Crippen molar-refractivity contribution in [3.63, 3.8) is 0 Å². The summed E-state index contributed by atoms with van der Waals surface area (Å²) in [7, 11) is 1.68. The Kier molecular flexibility index (Phi) is 6.58. The normalized spacial score (nSPS) is 17.9. The van der Waals surface area contributed by atoms with Gasteiger partial charge in [0.2, 0.25) is 0 Å². The highest BCUT2D eigenvalue weighted by molar-refractivity contribution is 7.99. The van der Waals surface area contributed by atoms with Crippen molar-refractivity contribution in [2.24, 2.45) is 5.92 Å². The molecule has 1 N–H and O–H groups in total. The highest BCUT2D eigenvalue weighted by Gasteiger charge is 2.35. The van der Waals surface area contributed by atoms with E-state index < -0.39 is 11.7 Å². The average molecular weight is 391 g/mol. The van der Waals surface area contributed by atoms with Gasteiger partial charge in [-0.3, -0.25) is 0 Å². The summed E-state index contributed by atoms with van der Waals surface area (Å²) >= 11 is 1.51. The highest BCUT2D eigenvalue weighted by atomic mass is 32.2. The molecule has 0 amide bonds. The second-order valence-electron chi connectivity index (χ2n) is 7.35. The molecule has 1 atom stereocenters. The number of aliphatic hydroxyl groups excluding tert-OH is 1. The number of rotatable bonds is 6. The maximum Gasteiger partial charge on any atom is 0.124 e. The van der Waals surface area contributed by atoms with Crippen molar-refractivity contribution in [2.75, 3.05) is 20.3 Å². The van der Waals surface area contributed by atoms with E-state index in [0.29, 0.717) is 13.2 Å². The van der Waals surface area contributed by atoms with E-state index in [-0.39, 0.29) is 11.7 Å². The molecule has 0 aliphatic carbocycles. The van der Waals surface area contributed by atoms with Crippen molar-refractivity contribution in [1.82, 2.24) is 0 Å². The van der Waals surface area contributed by atoms with E-state index >= 15 is 0 Å². The zero-order chi connectivity index (χ0) is 19.4. The summed E-state index contributed by atoms with van der Waals surface area (Å²) in [6.07, 6.45) is 0.970. The smallest absolute Gasteiger partial charge is 0.124 e. The van der Waals surface area contributed by atoms with Crippen LogP contribution in [0.2, 0.25) is 0 Å². The molecule has 27 heavy (non-hydrogen) atoms. The Bertz CT molecular complexity index is 755. The van der Waals surface area contributed by atoms with Gasteiger partial charge in [-0.1, -0.05) is 37.7 Å². The summed E-state index contributed by atoms with van der Waals surface area (Å²) in [5.41, 5.74) is 1.28. The fraction of sp³-hybridized carbons (Fsp3) is 0.455. The SMILES string of the molecule is COC1(c2cc(F)cc(Sc3ccc(C(O)C(C)C)cc3)c2)CCOCC1. The number of ether oxygens (including phenoxy) is 2. The molecule has 146 valence electrons. The van der Waals surface area contributed by atoms with E-state index in [9.17, 15) is 9.50 Å². The lowest BCUT2D eigenvalue weighted by Crippen LogP contribution is -2.35. The van der Waals surface area contributed by atoms with E-state index in [1.54, 1.807) is 19.2 Å². The van der Waals surface area contributed by atoms with E-state index in [0.717, 1.165) is 33.8 Å². The molecule has 1 aliphatic rings. The first-order valence-corrected chi connectivity index (χ1v) is 10.1. The lowest BCUT2D eigenvalue weighted by molar-refractivity contribution is -0.0950. The summed E-state index contributed by atoms with van der Waals surface area (Å²) in [5, 5.41) is 10.2. The third kappa shape index (κ3) is 4.72. The lowest BCUT2D eigenvalue weighted by atomic mass is 9.86. The van der Waals surface area contributed by atoms with Gasteiger partial charge in [0.15, 0.2) is 0 Å². The molecule has 2 aromatic rings. The quantitative estimate of drug-likeness (QED) is 0.725. The summed E-state index contributed by atoms with van der Waals surface area (Å²) in [6.45, 7) is 5.21. The molecule has 2 aromatic carbocycles. The van der Waals surface area contributed by atoms with Crippen molar-refractivity contribution in [1.29, 1.82) is 0 Å². The minimum Gasteiger partial charge on any atom is -0.388 e. The van der Waals surface area contributed by atoms with Crippen molar-refractivity contribution in [3.05, 3.63) is 59.4 Å². The molecule has 0 bridgehead atoms. The van der Waals surface area contributed by atoms with Crippen LogP contribution >= 0.6 is 11.8 Å². The van der Waals surface area contributed by atoms with Gasteiger partial charge in [0.1, 0.15) is 5.82 Å². The third-order valence-electron chi connectivity index (χ3n) is 5.18. The number of halogens is 1. The van der Waals surface area contributed by atoms with E-state index in [2.05, 4.69) is 0 Å². The van der Waals surface area contributed by atoms with Gasteiger partial charge >= 0.3 is 0 Å². The number of hydrogen-bond acceptors (Lipinski definition) is 4. The predicted molar refractivity (Wildman–Crippen MR) is 106 cm³/mol. The molecule has 0 aromatic heterocycles. The summed E-state index contributed by atoms with van der Waals surface area (Å²) in [4.78, 5) is 1.84. The molecule has 1 saturated heterocycles. The van der Waals surface area contributed by atoms with Crippen LogP contribution in [0.5, 0.6) is 0 Å². The molecule has 1 unspecified atom stereocenters. The molecule has 3 rings (SSSR count). The molecule has 5 heteroatoms. The van der Waals surface area contributed by atoms with Crippen LogP contribution in [0.25, 0.3) is 0 Å². The van der Waals surface area contributed by atoms with Crippen LogP contribution in [0, 0.1) is 11.7 Å². The van der Waals surface area contributed by atoms with Crippen LogP contribution in [0.4, 0.5) is 4.39 Å². The molecule has 1 fully saturated rings. The number of hydrogen-bond donors (Lipinski definition) is 1. The Balaban J connectivity index is 1.82. The molecule has 0 saturated carbocycles. The summed E-state index contributed by atoms with van der Waals surface area (Å²) < 4.78 is 25.6. The molecular weight excluding hydrogens is 363 g/mol. The fourth-order valence-electron chi connectivity index (χ4n) is 3.45. The second-order valence-corrected chi connectivity index (χ2v) is 8.49. The first-order chi connectivity index (χ1) is 12.9. The molecule has 0 spiro atoms. The van der Waals surface area contributed by atoms with Crippen LogP contribution in [0.1, 0.15) is 43.9 Å². The Labute approximate surface area is 164 Å². The first kappa shape index (κ1) is 20.3. The van der Waals surface area contributed by atoms with E-state index in [4.69, 9.17) is 9.47 Å². The van der Waals surface area contributed by atoms with Gasteiger partial charge in [0.25, 0.3) is 0 Å². The second kappa shape index (κ2) is 8.74. The Hall–Kier alpha value is -1.40. The minimum atomic E-state index is -0.485. The van der Waals surface area contributed by atoms with Crippen LogP contribution in [0.3, 0.4) is 0 Å². The van der Waals surface area contributed by atoms with E-state index in [1.165, 1.54) is 11.8 Å². The number of aliphatic hydroxyl groups is 1. The Morgan fingerprint density at radius 2 is 1.74 bits per heavy atom. The monoisotopic (exact) mass is 390 g/mol. The van der Waals surface area contributed by atoms with Gasteiger partial charge in [-0.15, -0.1) is 0 Å². The maximum absolute atomic E-state index is 14.3. The van der Waals surface area contributed by atoms with Gasteiger partial charge in [-0.25, -0.2) is 4.39 Å². The Morgan fingerprint density at radius 1 is 1.07 bits per heavy atom. The van der Waals surface area contributed by atoms with Gasteiger partial charge in [0.05, 0.1) is 11.7 Å². The van der Waals surface area contributed by atoms with Crippen molar-refractivity contribution in [2.45, 2.75) is 48.2 Å². The number of benzene rings is 2. The van der Waals surface area contributed by atoms with Crippen LogP contribution in [0.15, 0.2) is 52.3 Å². The van der Waals surface area contributed by atoms with Crippen LogP contribution in [-0.2, 0) is 15.1 Å². The van der Waals surface area contributed by atoms with Crippen LogP contribution < -0.4 is 0 Å². The van der Waals surface area contributed by atoms with E-state index in [1.807, 2.05) is 44.2 Å². The molecule has 3 nitrogen and oxygen atoms in total. The lowest BCUT2D eigenvalue weighted by Gasteiger charge is -2.36. The van der Waals surface area contributed by atoms with Crippen molar-refractivity contribution >= 4 is 11.8 Å². The molecule has 1 heterocycles. The standard InChI is InChI=1S/C22H27FO3S/c1-15(2)21(24)16-4-6-19(7-5-16)27-20-13-17(12-18(23)14-20)22(25-3)8-10-26-11-9-22/h4-7,12-15,21,24H,8-11H2,1-3H3. The van der Waals surface area contributed by atoms with Crippen molar-refractivity contribution in [3.8, 4) is 0 Å². The molecule has 0 radical (unpaired) electrons. The van der Waals surface area contributed by atoms with Gasteiger partial charge < -0.3 is 14.6 Å². The Morgan fingerprint density at radius 3 is 2.33 bits per heavy atom. The molecule has 1 aliphatic heterocycles. The topological polar surface area (TPSA) is 38.7 Å². The van der Waals surface area contributed by atoms with Gasteiger partial charge in [0, 0.05) is 43.0 Å². The maximum atomic E-state index is 14.3. The third-order valence-corrected chi connectivity index (χ3v) is 6.16. The largest absolute Gasteiger partial charge is 0.388 e. The van der Waals surface area contributed by atoms with Gasteiger partial charge in [-0.05, 0) is 47.4 Å². The fourth-order valence-corrected chi connectivity index (χ4v) is 4.35. The van der Waals surface area contributed by atoms with Gasteiger partial charge in [-0.2, -0.15) is 0 Å². The highest BCUT2D eigenvalue weighted by Crippen LogP contribution is 2.39. The summed E-state index contributed by atoms with van der Waals surface area (Å²) in [6, 6.07) is 12.9. The summed E-state index contributed by atoms with van der Waals surface area (Å²) in [5.74, 6) is -0.0937. The average Bonchev–Trinajstić information content (AvgIpc) is 2.68. The zero-order valence-corrected chi connectivity index (χ0v) is 16.9. The minimum absolute atomic E-state index is 0.166. The predicted octanol–water partition coefficient (Wildman–Crippen LogP) is 5.32. The zero-order valence-electron chi connectivity index (χ0n) is 16.1. The molecular formula is C22H27FO3S. The number of methoxy groups -OCH3 is 1.